The average molecular weight is 322 g/mol. The van der Waals surface area contributed by atoms with E-state index in [0.717, 1.165) is 5.69 Å². The van der Waals surface area contributed by atoms with Crippen molar-refractivity contribution >= 4 is 5.69 Å². The molecule has 24 heavy (non-hydrogen) atoms. The third-order valence-corrected chi connectivity index (χ3v) is 3.31. The maximum absolute atomic E-state index is 10.8. The van der Waals surface area contributed by atoms with Gasteiger partial charge in [0.25, 0.3) is 5.69 Å². The number of ether oxygens (including phenoxy) is 1. The van der Waals surface area contributed by atoms with Crippen molar-refractivity contribution in [2.75, 3.05) is 0 Å². The van der Waals surface area contributed by atoms with Gasteiger partial charge in [0.2, 0.25) is 5.88 Å². The number of hydrogen-bond acceptors (Lipinski definition) is 6. The van der Waals surface area contributed by atoms with Crippen LogP contribution in [-0.4, -0.2) is 19.9 Å². The molecule has 0 radical (unpaired) electrons. The summed E-state index contributed by atoms with van der Waals surface area (Å²) in [6.45, 7) is 1.98. The molecule has 2 heterocycles. The van der Waals surface area contributed by atoms with E-state index in [1.54, 1.807) is 42.7 Å². The number of aryl methyl sites for hydroxylation is 1. The largest absolute Gasteiger partial charge is 0.437 e. The molecule has 7 heteroatoms. The van der Waals surface area contributed by atoms with Crippen molar-refractivity contribution in [3.8, 4) is 23.0 Å². The molecule has 0 amide bonds. The number of rotatable bonds is 5. The molecule has 120 valence electrons. The van der Waals surface area contributed by atoms with Crippen LogP contribution in [0.4, 0.5) is 5.69 Å². The summed E-state index contributed by atoms with van der Waals surface area (Å²) in [5, 5.41) is 10.8. The van der Waals surface area contributed by atoms with Gasteiger partial charge in [-0.2, -0.15) is 4.98 Å². The molecule has 3 aromatic rings. The topological polar surface area (TPSA) is 91.0 Å². The highest BCUT2D eigenvalue weighted by molar-refractivity contribution is 5.58. The van der Waals surface area contributed by atoms with Gasteiger partial charge in [0, 0.05) is 35.7 Å². The first-order valence-corrected chi connectivity index (χ1v) is 7.36. The Bertz CT molecular complexity index is 851. The highest BCUT2D eigenvalue weighted by atomic mass is 16.6. The summed E-state index contributed by atoms with van der Waals surface area (Å²) in [5.74, 6) is 1.44. The molecule has 0 bridgehead atoms. The quantitative estimate of drug-likeness (QED) is 0.524. The lowest BCUT2D eigenvalue weighted by Crippen LogP contribution is -1.98. The predicted octanol–water partition coefficient (Wildman–Crippen LogP) is 3.80. The van der Waals surface area contributed by atoms with Crippen molar-refractivity contribution in [3.63, 3.8) is 0 Å². The first-order chi connectivity index (χ1) is 11.7. The van der Waals surface area contributed by atoms with E-state index >= 15 is 0 Å². The van der Waals surface area contributed by atoms with E-state index in [-0.39, 0.29) is 5.69 Å². The van der Waals surface area contributed by atoms with Crippen LogP contribution in [0.3, 0.4) is 0 Å². The van der Waals surface area contributed by atoms with E-state index in [0.29, 0.717) is 29.4 Å². The number of hydrogen-bond donors (Lipinski definition) is 0. The normalized spacial score (nSPS) is 10.4. The van der Waals surface area contributed by atoms with Gasteiger partial charge in [-0.15, -0.1) is 0 Å². The van der Waals surface area contributed by atoms with Crippen LogP contribution in [0, 0.1) is 10.1 Å². The number of nitro benzene ring substituents is 1. The Kier molecular flexibility index (Phi) is 4.42. The summed E-state index contributed by atoms with van der Waals surface area (Å²) in [6.07, 6.45) is 3.97. The summed E-state index contributed by atoms with van der Waals surface area (Å²) in [6, 6.07) is 11.4. The van der Waals surface area contributed by atoms with Crippen molar-refractivity contribution in [1.29, 1.82) is 0 Å². The summed E-state index contributed by atoms with van der Waals surface area (Å²) < 4.78 is 5.72. The molecule has 0 fully saturated rings. The van der Waals surface area contributed by atoms with Gasteiger partial charge >= 0.3 is 0 Å². The molecule has 1 aromatic carbocycles. The second-order valence-electron chi connectivity index (χ2n) is 4.97. The van der Waals surface area contributed by atoms with Crippen LogP contribution in [0.5, 0.6) is 11.6 Å². The smallest absolute Gasteiger partial charge is 0.269 e. The highest BCUT2D eigenvalue weighted by Gasteiger charge is 2.10. The Labute approximate surface area is 138 Å². The molecule has 7 nitrogen and oxygen atoms in total. The first-order valence-electron chi connectivity index (χ1n) is 7.36. The third-order valence-electron chi connectivity index (χ3n) is 3.31. The predicted molar refractivity (Wildman–Crippen MR) is 87.8 cm³/mol. The maximum atomic E-state index is 10.8. The minimum Gasteiger partial charge on any atom is -0.437 e. The number of pyridine rings is 1. The Morgan fingerprint density at radius 3 is 2.58 bits per heavy atom. The summed E-state index contributed by atoms with van der Waals surface area (Å²) in [7, 11) is 0. The number of nitrogens with zero attached hydrogens (tertiary/aromatic N) is 4. The number of non-ortho nitro benzene ring substituents is 1. The molecular weight excluding hydrogens is 308 g/mol. The molecule has 0 atom stereocenters. The van der Waals surface area contributed by atoms with Crippen LogP contribution in [0.1, 0.15) is 12.6 Å². The fraction of sp³-hybridized carbons (Fsp3) is 0.118. The van der Waals surface area contributed by atoms with Gasteiger partial charge in [0.15, 0.2) is 5.82 Å². The summed E-state index contributed by atoms with van der Waals surface area (Å²) >= 11 is 0. The van der Waals surface area contributed by atoms with E-state index in [1.165, 1.54) is 12.1 Å². The van der Waals surface area contributed by atoms with Crippen LogP contribution in [0.25, 0.3) is 11.4 Å². The molecule has 0 aliphatic heterocycles. The lowest BCUT2D eigenvalue weighted by Gasteiger charge is -2.08. The molecule has 2 aromatic heterocycles. The Hall–Kier alpha value is -3.35. The Morgan fingerprint density at radius 2 is 1.96 bits per heavy atom. The van der Waals surface area contributed by atoms with Crippen molar-refractivity contribution in [1.82, 2.24) is 15.0 Å². The fourth-order valence-electron chi connectivity index (χ4n) is 2.10. The molecule has 0 N–H and O–H groups in total. The molecule has 0 unspecified atom stereocenters. The van der Waals surface area contributed by atoms with Gasteiger partial charge in [0.05, 0.1) is 11.1 Å². The van der Waals surface area contributed by atoms with Crippen LogP contribution in [-0.2, 0) is 6.42 Å². The lowest BCUT2D eigenvalue weighted by molar-refractivity contribution is -0.384. The Morgan fingerprint density at radius 1 is 1.17 bits per heavy atom. The zero-order valence-corrected chi connectivity index (χ0v) is 12.9. The van der Waals surface area contributed by atoms with E-state index < -0.39 is 4.92 Å². The zero-order chi connectivity index (χ0) is 16.9. The average Bonchev–Trinajstić information content (AvgIpc) is 2.62. The van der Waals surface area contributed by atoms with Gasteiger partial charge in [-0.05, 0) is 30.7 Å². The molecule has 3 rings (SSSR count). The van der Waals surface area contributed by atoms with Gasteiger partial charge in [-0.25, -0.2) is 4.98 Å². The summed E-state index contributed by atoms with van der Waals surface area (Å²) in [5.41, 5.74) is 1.53. The van der Waals surface area contributed by atoms with Crippen LogP contribution >= 0.6 is 0 Å². The molecule has 0 aliphatic carbocycles. The second-order valence-corrected chi connectivity index (χ2v) is 4.97. The molecule has 0 saturated heterocycles. The van der Waals surface area contributed by atoms with E-state index in [2.05, 4.69) is 15.0 Å². The monoisotopic (exact) mass is 322 g/mol. The van der Waals surface area contributed by atoms with Gasteiger partial charge in [0.1, 0.15) is 5.75 Å². The standard InChI is InChI=1S/C17H14N4O3/c1-2-13-10-16(24-15-4-3-9-18-11-15)20-17(19-13)12-5-7-14(8-6-12)21(22)23/h3-11H,2H2,1H3. The molecule has 0 spiro atoms. The number of aromatic nitrogens is 3. The molecule has 0 aliphatic rings. The van der Waals surface area contributed by atoms with Gasteiger partial charge < -0.3 is 4.74 Å². The summed E-state index contributed by atoms with van der Waals surface area (Å²) in [4.78, 5) is 23.2. The van der Waals surface area contributed by atoms with Crippen molar-refractivity contribution in [3.05, 3.63) is 70.7 Å². The van der Waals surface area contributed by atoms with Gasteiger partial charge in [-0.3, -0.25) is 15.1 Å². The van der Waals surface area contributed by atoms with Crippen molar-refractivity contribution < 1.29 is 9.66 Å². The zero-order valence-electron chi connectivity index (χ0n) is 12.9. The molecule has 0 saturated carbocycles. The lowest BCUT2D eigenvalue weighted by atomic mass is 10.2. The maximum Gasteiger partial charge on any atom is 0.269 e. The minimum absolute atomic E-state index is 0.0252. The highest BCUT2D eigenvalue weighted by Crippen LogP contribution is 2.24. The molecular formula is C17H14N4O3. The first kappa shape index (κ1) is 15.5. The third kappa shape index (κ3) is 3.52. The van der Waals surface area contributed by atoms with Gasteiger partial charge in [-0.1, -0.05) is 6.92 Å². The Balaban J connectivity index is 1.95. The van der Waals surface area contributed by atoms with Crippen LogP contribution in [0.2, 0.25) is 0 Å². The van der Waals surface area contributed by atoms with Crippen LogP contribution in [0.15, 0.2) is 54.9 Å². The van der Waals surface area contributed by atoms with Crippen molar-refractivity contribution in [2.24, 2.45) is 0 Å². The fourth-order valence-corrected chi connectivity index (χ4v) is 2.10. The minimum atomic E-state index is -0.440. The van der Waals surface area contributed by atoms with Crippen molar-refractivity contribution in [2.45, 2.75) is 13.3 Å². The number of nitro groups is 1. The van der Waals surface area contributed by atoms with E-state index in [4.69, 9.17) is 4.74 Å². The van der Waals surface area contributed by atoms with E-state index in [1.807, 2.05) is 6.92 Å². The SMILES string of the molecule is CCc1cc(Oc2cccnc2)nc(-c2ccc([N+](=O)[O-])cc2)n1. The van der Waals surface area contributed by atoms with Crippen LogP contribution < -0.4 is 4.74 Å². The number of benzene rings is 1. The second kappa shape index (κ2) is 6.82. The van der Waals surface area contributed by atoms with E-state index in [9.17, 15) is 10.1 Å².